The van der Waals surface area contributed by atoms with Gasteiger partial charge in [-0.25, -0.2) is 9.78 Å². The molecule has 2 aromatic heterocycles. The fourth-order valence-electron chi connectivity index (χ4n) is 2.09. The van der Waals surface area contributed by atoms with Gasteiger partial charge >= 0.3 is 5.69 Å². The highest BCUT2D eigenvalue weighted by Crippen LogP contribution is 2.05. The van der Waals surface area contributed by atoms with Crippen LogP contribution in [0.3, 0.4) is 0 Å². The Morgan fingerprint density at radius 3 is 2.63 bits per heavy atom. The Hall–Kier alpha value is -1.89. The molecule has 0 bridgehead atoms. The molecule has 2 aromatic rings. The van der Waals surface area contributed by atoms with E-state index in [9.17, 15) is 9.59 Å². The SMILES string of the molecule is CCC(N)Cn1c(=O)c2c(ncn2CC)n(C)c1=O. The molecule has 0 fully saturated rings. The predicted molar refractivity (Wildman–Crippen MR) is 73.2 cm³/mol. The van der Waals surface area contributed by atoms with Crippen LogP contribution in [-0.4, -0.2) is 24.7 Å². The molecule has 1 atom stereocenters. The van der Waals surface area contributed by atoms with Crippen LogP contribution in [0.2, 0.25) is 0 Å². The lowest BCUT2D eigenvalue weighted by Gasteiger charge is -2.12. The van der Waals surface area contributed by atoms with Crippen molar-refractivity contribution in [3.63, 3.8) is 0 Å². The Kier molecular flexibility index (Phi) is 3.57. The van der Waals surface area contributed by atoms with E-state index in [1.54, 1.807) is 17.9 Å². The number of hydrogen-bond donors (Lipinski definition) is 1. The molecule has 0 aromatic carbocycles. The Morgan fingerprint density at radius 1 is 1.37 bits per heavy atom. The quantitative estimate of drug-likeness (QED) is 0.818. The molecule has 0 amide bonds. The van der Waals surface area contributed by atoms with Gasteiger partial charge in [0, 0.05) is 26.2 Å². The van der Waals surface area contributed by atoms with Crippen molar-refractivity contribution in [2.75, 3.05) is 0 Å². The monoisotopic (exact) mass is 265 g/mol. The highest BCUT2D eigenvalue weighted by atomic mass is 16.2. The second-order valence-electron chi connectivity index (χ2n) is 4.63. The van der Waals surface area contributed by atoms with Crippen LogP contribution in [0.25, 0.3) is 11.2 Å². The number of fused-ring (bicyclic) bond motifs is 1. The largest absolute Gasteiger partial charge is 0.332 e. The van der Waals surface area contributed by atoms with Crippen LogP contribution in [-0.2, 0) is 20.1 Å². The van der Waals surface area contributed by atoms with E-state index < -0.39 is 0 Å². The second kappa shape index (κ2) is 5.00. The standard InChI is InChI=1S/C12H19N5O2/c1-4-8(13)6-17-11(18)9-10(15(3)12(17)19)14-7-16(9)5-2/h7-8H,4-6,13H2,1-3H3. The van der Waals surface area contributed by atoms with Gasteiger partial charge in [-0.15, -0.1) is 0 Å². The molecule has 7 nitrogen and oxygen atoms in total. The third kappa shape index (κ3) is 2.10. The van der Waals surface area contributed by atoms with Gasteiger partial charge in [0.05, 0.1) is 6.33 Å². The summed E-state index contributed by atoms with van der Waals surface area (Å²) in [6.45, 7) is 4.71. The summed E-state index contributed by atoms with van der Waals surface area (Å²) in [7, 11) is 1.62. The molecule has 19 heavy (non-hydrogen) atoms. The average molecular weight is 265 g/mol. The number of imidazole rings is 1. The first kappa shape index (κ1) is 13.5. The van der Waals surface area contributed by atoms with Crippen molar-refractivity contribution < 1.29 is 0 Å². The lowest BCUT2D eigenvalue weighted by atomic mass is 10.2. The van der Waals surface area contributed by atoms with Gasteiger partial charge in [0.25, 0.3) is 5.56 Å². The minimum absolute atomic E-state index is 0.208. The van der Waals surface area contributed by atoms with Gasteiger partial charge in [0.1, 0.15) is 0 Å². The van der Waals surface area contributed by atoms with Crippen molar-refractivity contribution in [1.29, 1.82) is 0 Å². The van der Waals surface area contributed by atoms with Crippen molar-refractivity contribution >= 4 is 11.2 Å². The van der Waals surface area contributed by atoms with Gasteiger partial charge in [0.15, 0.2) is 11.2 Å². The summed E-state index contributed by atoms with van der Waals surface area (Å²) in [5.41, 5.74) is 6.03. The number of aryl methyl sites for hydroxylation is 2. The molecule has 104 valence electrons. The number of nitrogens with two attached hydrogens (primary N) is 1. The number of hydrogen-bond acceptors (Lipinski definition) is 4. The summed E-state index contributed by atoms with van der Waals surface area (Å²) in [6.07, 6.45) is 2.29. The van der Waals surface area contributed by atoms with Crippen molar-refractivity contribution in [3.05, 3.63) is 27.2 Å². The normalized spacial score (nSPS) is 13.1. The first-order valence-electron chi connectivity index (χ1n) is 6.41. The Balaban J connectivity index is 2.77. The zero-order valence-electron chi connectivity index (χ0n) is 11.5. The summed E-state index contributed by atoms with van der Waals surface area (Å²) in [4.78, 5) is 28.7. The zero-order chi connectivity index (χ0) is 14.2. The van der Waals surface area contributed by atoms with Gasteiger partial charge < -0.3 is 10.3 Å². The van der Waals surface area contributed by atoms with Crippen molar-refractivity contribution in [2.24, 2.45) is 12.8 Å². The Morgan fingerprint density at radius 2 is 2.05 bits per heavy atom. The highest BCUT2D eigenvalue weighted by molar-refractivity contribution is 5.69. The van der Waals surface area contributed by atoms with Gasteiger partial charge in [-0.2, -0.15) is 0 Å². The van der Waals surface area contributed by atoms with E-state index in [4.69, 9.17) is 5.73 Å². The summed E-state index contributed by atoms with van der Waals surface area (Å²) in [6, 6.07) is -0.208. The van der Waals surface area contributed by atoms with E-state index in [1.165, 1.54) is 9.13 Å². The summed E-state index contributed by atoms with van der Waals surface area (Å²) in [5, 5.41) is 0. The third-order valence-electron chi connectivity index (χ3n) is 3.38. The molecule has 0 spiro atoms. The Bertz CT molecular complexity index is 709. The van der Waals surface area contributed by atoms with Crippen molar-refractivity contribution in [2.45, 2.75) is 39.4 Å². The van der Waals surface area contributed by atoms with E-state index in [0.717, 1.165) is 0 Å². The van der Waals surface area contributed by atoms with Crippen LogP contribution >= 0.6 is 0 Å². The molecular formula is C12H19N5O2. The van der Waals surface area contributed by atoms with Gasteiger partial charge in [-0.05, 0) is 13.3 Å². The van der Waals surface area contributed by atoms with E-state index in [0.29, 0.717) is 24.1 Å². The molecule has 0 saturated heterocycles. The van der Waals surface area contributed by atoms with Crippen molar-refractivity contribution in [3.8, 4) is 0 Å². The molecule has 0 aliphatic carbocycles. The summed E-state index contributed by atoms with van der Waals surface area (Å²) < 4.78 is 4.33. The van der Waals surface area contributed by atoms with E-state index in [-0.39, 0.29) is 23.8 Å². The minimum Gasteiger partial charge on any atom is -0.326 e. The molecule has 2 N–H and O–H groups in total. The molecule has 1 unspecified atom stereocenters. The molecule has 2 heterocycles. The molecule has 7 heteroatoms. The molecule has 0 radical (unpaired) electrons. The van der Waals surface area contributed by atoms with E-state index >= 15 is 0 Å². The summed E-state index contributed by atoms with van der Waals surface area (Å²) >= 11 is 0. The van der Waals surface area contributed by atoms with Crippen LogP contribution in [0.5, 0.6) is 0 Å². The first-order chi connectivity index (χ1) is 9.01. The first-order valence-corrected chi connectivity index (χ1v) is 6.41. The van der Waals surface area contributed by atoms with Gasteiger partial charge in [-0.3, -0.25) is 13.9 Å². The van der Waals surface area contributed by atoms with Crippen molar-refractivity contribution in [1.82, 2.24) is 18.7 Å². The average Bonchev–Trinajstić information content (AvgIpc) is 2.84. The van der Waals surface area contributed by atoms with E-state index in [2.05, 4.69) is 4.98 Å². The zero-order valence-corrected chi connectivity index (χ0v) is 11.5. The summed E-state index contributed by atoms with van der Waals surface area (Å²) in [5.74, 6) is 0. The minimum atomic E-state index is -0.372. The number of nitrogens with zero attached hydrogens (tertiary/aromatic N) is 4. The fraction of sp³-hybridized carbons (Fsp3) is 0.583. The molecule has 2 rings (SSSR count). The highest BCUT2D eigenvalue weighted by Gasteiger charge is 2.16. The number of rotatable bonds is 4. The van der Waals surface area contributed by atoms with Crippen LogP contribution in [0, 0.1) is 0 Å². The molecular weight excluding hydrogens is 246 g/mol. The van der Waals surface area contributed by atoms with Crippen LogP contribution in [0.4, 0.5) is 0 Å². The maximum absolute atomic E-state index is 12.4. The maximum Gasteiger partial charge on any atom is 0.332 e. The van der Waals surface area contributed by atoms with Crippen LogP contribution in [0.1, 0.15) is 20.3 Å². The second-order valence-corrected chi connectivity index (χ2v) is 4.63. The lowest BCUT2D eigenvalue weighted by Crippen LogP contribution is -2.43. The van der Waals surface area contributed by atoms with Crippen LogP contribution < -0.4 is 17.0 Å². The Labute approximate surface area is 110 Å². The maximum atomic E-state index is 12.4. The number of aromatic nitrogens is 4. The molecule has 0 aliphatic heterocycles. The van der Waals surface area contributed by atoms with Crippen LogP contribution in [0.15, 0.2) is 15.9 Å². The lowest BCUT2D eigenvalue weighted by molar-refractivity contribution is 0.500. The smallest absolute Gasteiger partial charge is 0.326 e. The molecule has 0 aliphatic rings. The van der Waals surface area contributed by atoms with E-state index in [1.807, 2.05) is 13.8 Å². The van der Waals surface area contributed by atoms with Gasteiger partial charge in [0.2, 0.25) is 0 Å². The van der Waals surface area contributed by atoms with Gasteiger partial charge in [-0.1, -0.05) is 6.92 Å². The molecule has 0 saturated carbocycles. The fourth-order valence-corrected chi connectivity index (χ4v) is 2.09. The topological polar surface area (TPSA) is 87.8 Å². The third-order valence-corrected chi connectivity index (χ3v) is 3.38. The predicted octanol–water partition coefficient (Wildman–Crippen LogP) is -0.346.